The van der Waals surface area contributed by atoms with Crippen molar-refractivity contribution in [2.24, 2.45) is 0 Å². The highest BCUT2D eigenvalue weighted by Gasteiger charge is 2.18. The van der Waals surface area contributed by atoms with E-state index in [1.54, 1.807) is 0 Å². The third kappa shape index (κ3) is 4.81. The van der Waals surface area contributed by atoms with E-state index in [0.717, 1.165) is 44.0 Å². The summed E-state index contributed by atoms with van der Waals surface area (Å²) in [5, 5.41) is 10.8. The number of rotatable bonds is 4. The number of pyridine rings is 2. The van der Waals surface area contributed by atoms with Crippen LogP contribution in [0.15, 0.2) is 194 Å². The molecule has 0 aliphatic carbocycles. The van der Waals surface area contributed by atoms with Gasteiger partial charge in [0.15, 0.2) is 0 Å². The molecule has 11 rings (SSSR count). The predicted octanol–water partition coefficient (Wildman–Crippen LogP) is 14.1. The average Bonchev–Trinajstić information content (AvgIpc) is 3.24. The lowest BCUT2D eigenvalue weighted by molar-refractivity contribution is 1.39. The maximum atomic E-state index is 5.32. The van der Waals surface area contributed by atoms with Gasteiger partial charge in [-0.3, -0.25) is 0 Å². The number of para-hydroxylation sites is 1. The van der Waals surface area contributed by atoms with E-state index in [4.69, 9.17) is 9.97 Å². The lowest BCUT2D eigenvalue weighted by atomic mass is 9.85. The largest absolute Gasteiger partial charge is 0.245 e. The van der Waals surface area contributed by atoms with Crippen LogP contribution in [0.5, 0.6) is 0 Å². The molecule has 2 heterocycles. The summed E-state index contributed by atoms with van der Waals surface area (Å²) in [4.78, 5) is 10.5. The van der Waals surface area contributed by atoms with Crippen molar-refractivity contribution in [3.8, 4) is 44.6 Å². The lowest BCUT2D eigenvalue weighted by Crippen LogP contribution is -1.93. The Bertz CT molecular complexity index is 3200. The van der Waals surface area contributed by atoms with Crippen LogP contribution in [0.1, 0.15) is 0 Å². The van der Waals surface area contributed by atoms with Crippen LogP contribution in [0, 0.1) is 0 Å². The molecule has 0 aliphatic rings. The van der Waals surface area contributed by atoms with Gasteiger partial charge in [-0.1, -0.05) is 176 Å². The summed E-state index contributed by atoms with van der Waals surface area (Å²) < 4.78 is 0. The van der Waals surface area contributed by atoms with Gasteiger partial charge in [0.1, 0.15) is 0 Å². The van der Waals surface area contributed by atoms with Gasteiger partial charge in [0.2, 0.25) is 0 Å². The monoisotopic (exact) mass is 684 g/mol. The van der Waals surface area contributed by atoms with Gasteiger partial charge < -0.3 is 0 Å². The second kappa shape index (κ2) is 12.2. The zero-order valence-electron chi connectivity index (χ0n) is 29.4. The zero-order valence-corrected chi connectivity index (χ0v) is 29.4. The first kappa shape index (κ1) is 30.5. The molecule has 0 radical (unpaired) electrons. The molecule has 0 unspecified atom stereocenters. The fourth-order valence-corrected chi connectivity index (χ4v) is 8.52. The number of fused-ring (bicyclic) bond motifs is 7. The molecular formula is C52H32N2. The number of nitrogens with zero attached hydrogens (tertiary/aromatic N) is 2. The summed E-state index contributed by atoms with van der Waals surface area (Å²) in [6, 6.07) is 69.8. The van der Waals surface area contributed by atoms with Gasteiger partial charge in [-0.05, 0) is 78.3 Å². The summed E-state index contributed by atoms with van der Waals surface area (Å²) in [7, 11) is 0. The molecule has 0 atom stereocenters. The molecule has 0 fully saturated rings. The molecule has 2 nitrogen and oxygen atoms in total. The van der Waals surface area contributed by atoms with Crippen molar-refractivity contribution < 1.29 is 0 Å². The molecule has 0 saturated heterocycles. The molecule has 0 spiro atoms. The quantitative estimate of drug-likeness (QED) is 0.136. The summed E-state index contributed by atoms with van der Waals surface area (Å²) in [6.45, 7) is 0. The van der Waals surface area contributed by atoms with Gasteiger partial charge in [0, 0.05) is 27.3 Å². The molecule has 250 valence electrons. The van der Waals surface area contributed by atoms with Crippen LogP contribution in [-0.4, -0.2) is 9.97 Å². The molecule has 0 aliphatic heterocycles. The lowest BCUT2D eigenvalue weighted by Gasteiger charge is -2.18. The molecule has 2 aromatic heterocycles. The SMILES string of the molecule is c1ccc(-c2c3ccccc3nc3c2ccc2ccc(-c4ccc(-c5c6ccccc6c(-c6ccc7ccccc7c6)c6ccccc56)cc4)nc23)cc1. The molecule has 0 N–H and O–H groups in total. The Hall–Kier alpha value is -7.16. The molecule has 0 saturated carbocycles. The molecule has 0 amide bonds. The van der Waals surface area contributed by atoms with Crippen LogP contribution in [0.25, 0.3) is 110 Å². The van der Waals surface area contributed by atoms with Gasteiger partial charge in [-0.25, -0.2) is 9.97 Å². The summed E-state index contributed by atoms with van der Waals surface area (Å²) in [6.07, 6.45) is 0. The Kier molecular flexibility index (Phi) is 6.90. The number of aromatic nitrogens is 2. The molecule has 9 aromatic carbocycles. The number of benzene rings is 9. The Labute approximate surface area is 312 Å². The molecule has 54 heavy (non-hydrogen) atoms. The van der Waals surface area contributed by atoms with Crippen LogP contribution >= 0.6 is 0 Å². The van der Waals surface area contributed by atoms with E-state index in [2.05, 4.69) is 194 Å². The van der Waals surface area contributed by atoms with E-state index in [9.17, 15) is 0 Å². The third-order valence-corrected chi connectivity index (χ3v) is 11.0. The summed E-state index contributed by atoms with van der Waals surface area (Å²) in [5.74, 6) is 0. The molecule has 2 heteroatoms. The Morgan fingerprint density at radius 2 is 0.759 bits per heavy atom. The van der Waals surface area contributed by atoms with Crippen LogP contribution in [0.3, 0.4) is 0 Å². The minimum Gasteiger partial charge on any atom is -0.245 e. The van der Waals surface area contributed by atoms with Crippen LogP contribution < -0.4 is 0 Å². The van der Waals surface area contributed by atoms with Crippen molar-refractivity contribution >= 4 is 65.0 Å². The second-order valence-corrected chi connectivity index (χ2v) is 14.1. The Balaban J connectivity index is 1.07. The first-order chi connectivity index (χ1) is 26.8. The number of hydrogen-bond donors (Lipinski definition) is 0. The van der Waals surface area contributed by atoms with Crippen molar-refractivity contribution in [3.05, 3.63) is 194 Å². The van der Waals surface area contributed by atoms with Gasteiger partial charge in [-0.2, -0.15) is 0 Å². The van der Waals surface area contributed by atoms with Crippen molar-refractivity contribution in [2.45, 2.75) is 0 Å². The topological polar surface area (TPSA) is 25.8 Å². The molecule has 11 aromatic rings. The van der Waals surface area contributed by atoms with Gasteiger partial charge in [0.25, 0.3) is 0 Å². The van der Waals surface area contributed by atoms with Crippen LogP contribution in [0.2, 0.25) is 0 Å². The highest BCUT2D eigenvalue weighted by molar-refractivity contribution is 6.22. The molecule has 0 bridgehead atoms. The third-order valence-electron chi connectivity index (χ3n) is 11.0. The maximum absolute atomic E-state index is 5.32. The van der Waals surface area contributed by atoms with Crippen molar-refractivity contribution in [1.82, 2.24) is 9.97 Å². The van der Waals surface area contributed by atoms with Crippen molar-refractivity contribution in [1.29, 1.82) is 0 Å². The first-order valence-corrected chi connectivity index (χ1v) is 18.5. The predicted molar refractivity (Wildman–Crippen MR) is 229 cm³/mol. The van der Waals surface area contributed by atoms with E-state index in [0.29, 0.717) is 0 Å². The van der Waals surface area contributed by atoms with E-state index in [-0.39, 0.29) is 0 Å². The minimum absolute atomic E-state index is 0.915. The standard InChI is InChI=1S/C52H32N2/c1-2-13-35(14-3-1)49-44-20-10-11-21-47(44)54-52-45(49)30-28-37-29-31-46(53-51(37)52)34-23-25-36(26-24-34)48-40-16-6-8-18-42(40)50(43-19-9-7-17-41(43)48)39-27-22-33-12-4-5-15-38(33)32-39/h1-32H. The average molecular weight is 685 g/mol. The number of hydrogen-bond acceptors (Lipinski definition) is 2. The van der Waals surface area contributed by atoms with E-state index in [1.165, 1.54) is 65.7 Å². The minimum atomic E-state index is 0.915. The van der Waals surface area contributed by atoms with Gasteiger partial charge in [0.05, 0.1) is 22.2 Å². The summed E-state index contributed by atoms with van der Waals surface area (Å²) >= 11 is 0. The highest BCUT2D eigenvalue weighted by Crippen LogP contribution is 2.44. The van der Waals surface area contributed by atoms with E-state index in [1.807, 2.05) is 0 Å². The highest BCUT2D eigenvalue weighted by atomic mass is 14.8. The fraction of sp³-hybridized carbons (Fsp3) is 0. The van der Waals surface area contributed by atoms with E-state index < -0.39 is 0 Å². The molecular weight excluding hydrogens is 653 g/mol. The van der Waals surface area contributed by atoms with Crippen LogP contribution in [0.4, 0.5) is 0 Å². The Morgan fingerprint density at radius 3 is 1.48 bits per heavy atom. The van der Waals surface area contributed by atoms with Crippen LogP contribution in [-0.2, 0) is 0 Å². The fourth-order valence-electron chi connectivity index (χ4n) is 8.52. The first-order valence-electron chi connectivity index (χ1n) is 18.5. The maximum Gasteiger partial charge on any atom is 0.0978 e. The second-order valence-electron chi connectivity index (χ2n) is 14.1. The Morgan fingerprint density at radius 1 is 0.259 bits per heavy atom. The zero-order chi connectivity index (χ0) is 35.6. The van der Waals surface area contributed by atoms with Gasteiger partial charge >= 0.3 is 0 Å². The normalized spacial score (nSPS) is 11.7. The van der Waals surface area contributed by atoms with E-state index >= 15 is 0 Å². The summed E-state index contributed by atoms with van der Waals surface area (Å²) in [5.41, 5.74) is 12.1. The van der Waals surface area contributed by atoms with Crippen molar-refractivity contribution in [3.63, 3.8) is 0 Å². The smallest absolute Gasteiger partial charge is 0.0978 e. The van der Waals surface area contributed by atoms with Crippen molar-refractivity contribution in [2.75, 3.05) is 0 Å². The van der Waals surface area contributed by atoms with Gasteiger partial charge in [-0.15, -0.1) is 0 Å².